The molecule has 3 rings (SSSR count). The highest BCUT2D eigenvalue weighted by Crippen LogP contribution is 2.12. The lowest BCUT2D eigenvalue weighted by Crippen LogP contribution is -2.28. The summed E-state index contributed by atoms with van der Waals surface area (Å²) in [5.74, 6) is 0.613. The average molecular weight is 370 g/mol. The molecule has 0 amide bonds. The summed E-state index contributed by atoms with van der Waals surface area (Å²) in [5, 5.41) is 0. The maximum absolute atomic E-state index is 5.83. The lowest BCUT2D eigenvalue weighted by molar-refractivity contribution is 0.191. The number of ether oxygens (including phenoxy) is 1. The maximum Gasteiger partial charge on any atom is 0.235 e. The van der Waals surface area contributed by atoms with Crippen LogP contribution in [0.15, 0.2) is 73.1 Å². The first-order valence-electron chi connectivity index (χ1n) is 8.52. The summed E-state index contributed by atoms with van der Waals surface area (Å²) in [4.78, 5) is 10.8. The van der Waals surface area contributed by atoms with Crippen molar-refractivity contribution in [1.82, 2.24) is 14.9 Å². The molecule has 0 aliphatic carbocycles. The van der Waals surface area contributed by atoms with Gasteiger partial charge in [-0.25, -0.2) is 4.98 Å². The molecule has 1 heterocycles. The fourth-order valence-electron chi connectivity index (χ4n) is 2.71. The van der Waals surface area contributed by atoms with Crippen LogP contribution in [-0.2, 0) is 13.1 Å². The topological polar surface area (TPSA) is 38.3 Å². The minimum Gasteiger partial charge on any atom is -0.475 e. The van der Waals surface area contributed by atoms with Gasteiger partial charge in [-0.05, 0) is 18.1 Å². The molecule has 0 aliphatic rings. The van der Waals surface area contributed by atoms with E-state index >= 15 is 0 Å². The Balaban J connectivity index is 0.00000243. The van der Waals surface area contributed by atoms with E-state index in [1.54, 1.807) is 12.4 Å². The maximum atomic E-state index is 5.83. The molecule has 3 aromatic rings. The Morgan fingerprint density at radius 2 is 1.35 bits per heavy atom. The van der Waals surface area contributed by atoms with E-state index in [4.69, 9.17) is 4.74 Å². The zero-order valence-corrected chi connectivity index (χ0v) is 15.7. The lowest BCUT2D eigenvalue weighted by atomic mass is 10.1. The highest BCUT2D eigenvalue weighted by atomic mass is 35.5. The summed E-state index contributed by atoms with van der Waals surface area (Å²) >= 11 is 0. The van der Waals surface area contributed by atoms with Gasteiger partial charge in [0.1, 0.15) is 6.61 Å². The van der Waals surface area contributed by atoms with E-state index in [0.29, 0.717) is 12.5 Å². The number of hydrogen-bond acceptors (Lipinski definition) is 4. The predicted octanol–water partition coefficient (Wildman–Crippen LogP) is 4.29. The standard InChI is InChI=1S/C21H23N3O.ClH/c1-18-21(23-13-12-22-18)25-15-14-24(16-19-8-4-2-5-9-19)17-20-10-6-3-7-11-20;/h2-13H,14-17H2,1H3;1H. The van der Waals surface area contributed by atoms with Crippen LogP contribution in [0.2, 0.25) is 0 Å². The molecule has 0 atom stereocenters. The van der Waals surface area contributed by atoms with Crippen LogP contribution in [0.25, 0.3) is 0 Å². The number of rotatable bonds is 8. The molecule has 0 bridgehead atoms. The molecule has 1 aromatic heterocycles. The van der Waals surface area contributed by atoms with Crippen molar-refractivity contribution < 1.29 is 4.74 Å². The SMILES string of the molecule is Cc1nccnc1OCCN(Cc1ccccc1)Cc1ccccc1.Cl. The molecule has 0 aliphatic heterocycles. The number of aryl methyl sites for hydroxylation is 1. The van der Waals surface area contributed by atoms with Crippen molar-refractivity contribution in [3.8, 4) is 5.88 Å². The lowest BCUT2D eigenvalue weighted by Gasteiger charge is -2.22. The monoisotopic (exact) mass is 369 g/mol. The van der Waals surface area contributed by atoms with Gasteiger partial charge in [0.05, 0.1) is 5.69 Å². The van der Waals surface area contributed by atoms with E-state index in [9.17, 15) is 0 Å². The zero-order chi connectivity index (χ0) is 17.3. The number of hydrogen-bond donors (Lipinski definition) is 0. The van der Waals surface area contributed by atoms with E-state index < -0.39 is 0 Å². The third-order valence-corrected chi connectivity index (χ3v) is 3.98. The van der Waals surface area contributed by atoms with Gasteiger partial charge in [0.25, 0.3) is 0 Å². The largest absolute Gasteiger partial charge is 0.475 e. The molecule has 0 spiro atoms. The second kappa shape index (κ2) is 10.5. The van der Waals surface area contributed by atoms with Crippen LogP contribution in [0.1, 0.15) is 16.8 Å². The van der Waals surface area contributed by atoms with Gasteiger partial charge >= 0.3 is 0 Å². The Kier molecular flexibility index (Phi) is 8.06. The first-order valence-corrected chi connectivity index (χ1v) is 8.52. The molecule has 0 saturated carbocycles. The van der Waals surface area contributed by atoms with Gasteiger partial charge in [0.2, 0.25) is 5.88 Å². The van der Waals surface area contributed by atoms with E-state index in [1.807, 2.05) is 19.1 Å². The molecule has 136 valence electrons. The summed E-state index contributed by atoms with van der Waals surface area (Å²) in [5.41, 5.74) is 3.42. The number of nitrogens with zero attached hydrogens (tertiary/aromatic N) is 3. The molecule has 5 heteroatoms. The van der Waals surface area contributed by atoms with Gasteiger partial charge in [-0.3, -0.25) is 9.88 Å². The highest BCUT2D eigenvalue weighted by Gasteiger charge is 2.09. The Labute approximate surface area is 161 Å². The van der Waals surface area contributed by atoms with E-state index in [1.165, 1.54) is 11.1 Å². The van der Waals surface area contributed by atoms with Crippen LogP contribution in [0.4, 0.5) is 0 Å². The van der Waals surface area contributed by atoms with Crippen molar-refractivity contribution in [2.45, 2.75) is 20.0 Å². The van der Waals surface area contributed by atoms with E-state index in [2.05, 4.69) is 63.4 Å². The first-order chi connectivity index (χ1) is 12.3. The average Bonchev–Trinajstić information content (AvgIpc) is 2.65. The molecule has 0 unspecified atom stereocenters. The van der Waals surface area contributed by atoms with Crippen LogP contribution in [-0.4, -0.2) is 28.0 Å². The Morgan fingerprint density at radius 1 is 0.808 bits per heavy atom. The summed E-state index contributed by atoms with van der Waals surface area (Å²) in [6.07, 6.45) is 3.34. The molecule has 0 radical (unpaired) electrons. The second-order valence-electron chi connectivity index (χ2n) is 5.98. The fourth-order valence-corrected chi connectivity index (χ4v) is 2.71. The quantitative estimate of drug-likeness (QED) is 0.593. The molecule has 0 saturated heterocycles. The minimum absolute atomic E-state index is 0. The van der Waals surface area contributed by atoms with E-state index in [-0.39, 0.29) is 12.4 Å². The number of halogens is 1. The third kappa shape index (κ3) is 6.14. The first kappa shape index (κ1) is 19.9. The molecule has 4 nitrogen and oxygen atoms in total. The summed E-state index contributed by atoms with van der Waals surface area (Å²) < 4.78 is 5.83. The van der Waals surface area contributed by atoms with Crippen molar-refractivity contribution >= 4 is 12.4 Å². The van der Waals surface area contributed by atoms with Gasteiger partial charge in [-0.1, -0.05) is 60.7 Å². The Morgan fingerprint density at radius 3 is 1.88 bits per heavy atom. The van der Waals surface area contributed by atoms with Crippen molar-refractivity contribution in [2.75, 3.05) is 13.2 Å². The smallest absolute Gasteiger partial charge is 0.235 e. The van der Waals surface area contributed by atoms with Crippen LogP contribution in [0.5, 0.6) is 5.88 Å². The van der Waals surface area contributed by atoms with Crippen LogP contribution in [0.3, 0.4) is 0 Å². The van der Waals surface area contributed by atoms with Gasteiger partial charge in [0.15, 0.2) is 0 Å². The van der Waals surface area contributed by atoms with Gasteiger partial charge < -0.3 is 4.74 Å². The summed E-state index contributed by atoms with van der Waals surface area (Å²) in [6.45, 7) is 5.09. The molecule has 2 aromatic carbocycles. The van der Waals surface area contributed by atoms with Gasteiger partial charge in [0, 0.05) is 32.0 Å². The molecular weight excluding hydrogens is 346 g/mol. The minimum atomic E-state index is 0. The van der Waals surface area contributed by atoms with Crippen LogP contribution < -0.4 is 4.74 Å². The molecular formula is C21H24ClN3O. The normalized spacial score (nSPS) is 10.4. The molecule has 26 heavy (non-hydrogen) atoms. The van der Waals surface area contributed by atoms with Gasteiger partial charge in [-0.2, -0.15) is 0 Å². The third-order valence-electron chi connectivity index (χ3n) is 3.98. The number of aromatic nitrogens is 2. The van der Waals surface area contributed by atoms with Crippen molar-refractivity contribution in [3.05, 3.63) is 89.9 Å². The molecule has 0 N–H and O–H groups in total. The predicted molar refractivity (Wildman–Crippen MR) is 107 cm³/mol. The summed E-state index contributed by atoms with van der Waals surface area (Å²) in [6, 6.07) is 21.0. The Bertz CT molecular complexity index is 727. The zero-order valence-electron chi connectivity index (χ0n) is 14.9. The molecule has 0 fully saturated rings. The van der Waals surface area contributed by atoms with Crippen molar-refractivity contribution in [2.24, 2.45) is 0 Å². The second-order valence-corrected chi connectivity index (χ2v) is 5.98. The van der Waals surface area contributed by atoms with Crippen LogP contribution in [0, 0.1) is 6.92 Å². The van der Waals surface area contributed by atoms with E-state index in [0.717, 1.165) is 25.3 Å². The number of benzene rings is 2. The van der Waals surface area contributed by atoms with Crippen LogP contribution >= 0.6 is 12.4 Å². The fraction of sp³-hybridized carbons (Fsp3) is 0.238. The highest BCUT2D eigenvalue weighted by molar-refractivity contribution is 5.85. The summed E-state index contributed by atoms with van der Waals surface area (Å²) in [7, 11) is 0. The van der Waals surface area contributed by atoms with Crippen molar-refractivity contribution in [3.63, 3.8) is 0 Å². The van der Waals surface area contributed by atoms with Crippen molar-refractivity contribution in [1.29, 1.82) is 0 Å². The van der Waals surface area contributed by atoms with Gasteiger partial charge in [-0.15, -0.1) is 12.4 Å². The Hall–Kier alpha value is -2.43.